The van der Waals surface area contributed by atoms with Gasteiger partial charge in [0.15, 0.2) is 0 Å². The molecule has 0 aliphatic rings. The molecular weight excluding hydrogens is 302 g/mol. The minimum absolute atomic E-state index is 0.0391. The number of aryl methyl sites for hydroxylation is 1. The van der Waals surface area contributed by atoms with Gasteiger partial charge in [-0.1, -0.05) is 11.6 Å². The van der Waals surface area contributed by atoms with Crippen molar-refractivity contribution in [1.82, 2.24) is 9.13 Å². The predicted molar refractivity (Wildman–Crippen MR) is 87.3 cm³/mol. The SMILES string of the molecule is Cn1ccc2ccn(CC(=O)Nc3ccc(Cl)cc3)c(=O)c21. The van der Waals surface area contributed by atoms with E-state index in [0.717, 1.165) is 5.39 Å². The van der Waals surface area contributed by atoms with Gasteiger partial charge in [-0.3, -0.25) is 9.59 Å². The van der Waals surface area contributed by atoms with E-state index in [1.807, 2.05) is 25.4 Å². The third-order valence-electron chi connectivity index (χ3n) is 3.44. The van der Waals surface area contributed by atoms with Crippen molar-refractivity contribution in [3.63, 3.8) is 0 Å². The van der Waals surface area contributed by atoms with E-state index in [2.05, 4.69) is 5.32 Å². The van der Waals surface area contributed by atoms with Crippen LogP contribution in [0.1, 0.15) is 0 Å². The van der Waals surface area contributed by atoms with Gasteiger partial charge in [-0.05, 0) is 36.4 Å². The van der Waals surface area contributed by atoms with Crippen molar-refractivity contribution in [3.8, 4) is 0 Å². The van der Waals surface area contributed by atoms with E-state index < -0.39 is 0 Å². The van der Waals surface area contributed by atoms with Gasteiger partial charge in [0, 0.05) is 35.5 Å². The number of amides is 1. The molecule has 2 aromatic heterocycles. The first-order chi connectivity index (χ1) is 10.5. The van der Waals surface area contributed by atoms with Gasteiger partial charge in [-0.25, -0.2) is 0 Å². The third-order valence-corrected chi connectivity index (χ3v) is 3.70. The van der Waals surface area contributed by atoms with E-state index in [4.69, 9.17) is 11.6 Å². The van der Waals surface area contributed by atoms with Gasteiger partial charge < -0.3 is 14.5 Å². The molecule has 6 heteroatoms. The lowest BCUT2D eigenvalue weighted by Crippen LogP contribution is -2.27. The number of nitrogens with zero attached hydrogens (tertiary/aromatic N) is 2. The normalized spacial score (nSPS) is 10.8. The molecular formula is C16H14ClN3O2. The van der Waals surface area contributed by atoms with Gasteiger partial charge >= 0.3 is 0 Å². The van der Waals surface area contributed by atoms with Gasteiger partial charge in [0.05, 0.1) is 0 Å². The number of benzene rings is 1. The molecule has 3 aromatic rings. The fourth-order valence-electron chi connectivity index (χ4n) is 2.34. The molecule has 0 atom stereocenters. The van der Waals surface area contributed by atoms with Crippen LogP contribution in [0.4, 0.5) is 5.69 Å². The fraction of sp³-hybridized carbons (Fsp3) is 0.125. The number of fused-ring (bicyclic) bond motifs is 1. The van der Waals surface area contributed by atoms with Crippen molar-refractivity contribution in [3.05, 3.63) is 64.2 Å². The predicted octanol–water partition coefficient (Wildman–Crippen LogP) is 2.63. The first-order valence-electron chi connectivity index (χ1n) is 6.74. The van der Waals surface area contributed by atoms with Crippen molar-refractivity contribution < 1.29 is 4.79 Å². The van der Waals surface area contributed by atoms with Crippen LogP contribution < -0.4 is 10.9 Å². The van der Waals surface area contributed by atoms with Gasteiger partial charge in [0.1, 0.15) is 12.1 Å². The number of pyridine rings is 1. The summed E-state index contributed by atoms with van der Waals surface area (Å²) in [5, 5.41) is 4.20. The summed E-state index contributed by atoms with van der Waals surface area (Å²) in [6, 6.07) is 10.5. The van der Waals surface area contributed by atoms with Crippen LogP contribution in [0.3, 0.4) is 0 Å². The Labute approximate surface area is 131 Å². The van der Waals surface area contributed by atoms with E-state index >= 15 is 0 Å². The van der Waals surface area contributed by atoms with Crippen LogP contribution in [-0.2, 0) is 18.4 Å². The van der Waals surface area contributed by atoms with E-state index in [1.165, 1.54) is 4.57 Å². The number of nitrogens with one attached hydrogen (secondary N) is 1. The van der Waals surface area contributed by atoms with Crippen LogP contribution in [0.5, 0.6) is 0 Å². The van der Waals surface area contributed by atoms with Gasteiger partial charge in [-0.2, -0.15) is 0 Å². The molecule has 3 rings (SSSR count). The Bertz CT molecular complexity index is 894. The summed E-state index contributed by atoms with van der Waals surface area (Å²) in [7, 11) is 1.81. The van der Waals surface area contributed by atoms with Crippen molar-refractivity contribution in [2.24, 2.45) is 7.05 Å². The Morgan fingerprint density at radius 1 is 1.14 bits per heavy atom. The van der Waals surface area contributed by atoms with Crippen molar-refractivity contribution in [2.75, 3.05) is 5.32 Å². The topological polar surface area (TPSA) is 56.0 Å². The zero-order valence-electron chi connectivity index (χ0n) is 11.9. The lowest BCUT2D eigenvalue weighted by molar-refractivity contribution is -0.116. The Kier molecular flexibility index (Phi) is 3.73. The minimum atomic E-state index is -0.266. The second-order valence-electron chi connectivity index (χ2n) is 5.03. The molecule has 1 amide bonds. The summed E-state index contributed by atoms with van der Waals surface area (Å²) in [5.41, 5.74) is 1.04. The molecule has 0 unspecified atom stereocenters. The number of aromatic nitrogens is 2. The molecule has 2 heterocycles. The van der Waals surface area contributed by atoms with Crippen molar-refractivity contribution in [2.45, 2.75) is 6.54 Å². The van der Waals surface area contributed by atoms with Gasteiger partial charge in [0.2, 0.25) is 5.91 Å². The second kappa shape index (κ2) is 5.69. The number of halogens is 1. The highest BCUT2D eigenvalue weighted by Gasteiger charge is 2.09. The highest BCUT2D eigenvalue weighted by molar-refractivity contribution is 6.30. The number of anilines is 1. The minimum Gasteiger partial charge on any atom is -0.346 e. The summed E-state index contributed by atoms with van der Waals surface area (Å²) in [4.78, 5) is 24.5. The molecule has 5 nitrogen and oxygen atoms in total. The van der Waals surface area contributed by atoms with E-state index in [1.54, 1.807) is 35.0 Å². The molecule has 0 saturated heterocycles. The smallest absolute Gasteiger partial charge is 0.275 e. The maximum absolute atomic E-state index is 12.4. The Balaban J connectivity index is 1.82. The summed E-state index contributed by atoms with van der Waals surface area (Å²) >= 11 is 5.80. The maximum Gasteiger partial charge on any atom is 0.275 e. The monoisotopic (exact) mass is 315 g/mol. The Morgan fingerprint density at radius 2 is 1.82 bits per heavy atom. The van der Waals surface area contributed by atoms with Crippen molar-refractivity contribution >= 4 is 34.1 Å². The van der Waals surface area contributed by atoms with Crippen LogP contribution in [0.25, 0.3) is 10.9 Å². The number of carbonyl (C=O) groups excluding carboxylic acids is 1. The summed E-state index contributed by atoms with van der Waals surface area (Å²) in [6.45, 7) is -0.0391. The van der Waals surface area contributed by atoms with Crippen LogP contribution in [0, 0.1) is 0 Å². The standard InChI is InChI=1S/C16H14ClN3O2/c1-19-8-6-11-7-9-20(16(22)15(11)19)10-14(21)18-13-4-2-12(17)3-5-13/h2-9H,10H2,1H3,(H,18,21). The fourth-order valence-corrected chi connectivity index (χ4v) is 2.47. The zero-order valence-corrected chi connectivity index (χ0v) is 12.7. The Morgan fingerprint density at radius 3 is 2.55 bits per heavy atom. The highest BCUT2D eigenvalue weighted by Crippen LogP contribution is 2.13. The van der Waals surface area contributed by atoms with Crippen LogP contribution in [0.2, 0.25) is 5.02 Å². The van der Waals surface area contributed by atoms with Crippen LogP contribution >= 0.6 is 11.6 Å². The van der Waals surface area contributed by atoms with E-state index in [-0.39, 0.29) is 18.0 Å². The number of rotatable bonds is 3. The first kappa shape index (κ1) is 14.4. The largest absolute Gasteiger partial charge is 0.346 e. The molecule has 112 valence electrons. The van der Waals surface area contributed by atoms with Crippen LogP contribution in [-0.4, -0.2) is 15.0 Å². The van der Waals surface area contributed by atoms with Gasteiger partial charge in [0.25, 0.3) is 5.56 Å². The molecule has 0 saturated carbocycles. The summed E-state index contributed by atoms with van der Waals surface area (Å²) < 4.78 is 3.15. The second-order valence-corrected chi connectivity index (χ2v) is 5.47. The summed E-state index contributed by atoms with van der Waals surface area (Å²) in [5.74, 6) is -0.266. The van der Waals surface area contributed by atoms with E-state index in [0.29, 0.717) is 16.2 Å². The summed E-state index contributed by atoms with van der Waals surface area (Å²) in [6.07, 6.45) is 3.45. The number of carbonyl (C=O) groups is 1. The quantitative estimate of drug-likeness (QED) is 0.808. The van der Waals surface area contributed by atoms with Gasteiger partial charge in [-0.15, -0.1) is 0 Å². The van der Waals surface area contributed by atoms with Crippen molar-refractivity contribution in [1.29, 1.82) is 0 Å². The lowest BCUT2D eigenvalue weighted by atomic mass is 10.3. The van der Waals surface area contributed by atoms with Crippen LogP contribution in [0.15, 0.2) is 53.6 Å². The molecule has 22 heavy (non-hydrogen) atoms. The molecule has 0 spiro atoms. The maximum atomic E-state index is 12.4. The molecule has 0 fully saturated rings. The molecule has 0 bridgehead atoms. The molecule has 0 radical (unpaired) electrons. The molecule has 0 aliphatic heterocycles. The lowest BCUT2D eigenvalue weighted by Gasteiger charge is -2.08. The molecule has 0 aliphatic carbocycles. The number of hydrogen-bond acceptors (Lipinski definition) is 2. The average molecular weight is 316 g/mol. The molecule has 1 aromatic carbocycles. The first-order valence-corrected chi connectivity index (χ1v) is 7.12. The zero-order chi connectivity index (χ0) is 15.7. The molecule has 1 N–H and O–H groups in total. The highest BCUT2D eigenvalue weighted by atomic mass is 35.5. The van der Waals surface area contributed by atoms with E-state index in [9.17, 15) is 9.59 Å². The third kappa shape index (κ3) is 2.76. The average Bonchev–Trinajstić information content (AvgIpc) is 2.87. The Hall–Kier alpha value is -2.53. The number of hydrogen-bond donors (Lipinski definition) is 1.